The lowest BCUT2D eigenvalue weighted by Gasteiger charge is -2.26. The molecular weight excluding hydrogens is 502 g/mol. The van der Waals surface area contributed by atoms with E-state index in [1.807, 2.05) is 12.1 Å². The van der Waals surface area contributed by atoms with Crippen LogP contribution in [0.25, 0.3) is 0 Å². The van der Waals surface area contributed by atoms with E-state index in [0.29, 0.717) is 31.9 Å². The summed E-state index contributed by atoms with van der Waals surface area (Å²) in [6, 6.07) is 19.2. The summed E-state index contributed by atoms with van der Waals surface area (Å²) in [5.74, 6) is -0.546. The quantitative estimate of drug-likeness (QED) is 0.528. The van der Waals surface area contributed by atoms with Gasteiger partial charge >= 0.3 is 0 Å². The maximum atomic E-state index is 13.3. The van der Waals surface area contributed by atoms with Crippen LogP contribution < -0.4 is 9.62 Å². The van der Waals surface area contributed by atoms with Crippen LogP contribution in [0, 0.1) is 0 Å². The fraction of sp³-hybridized carbons (Fsp3) is 0.240. The average molecular weight is 528 g/mol. The number of hydrogen-bond acceptors (Lipinski definition) is 6. The van der Waals surface area contributed by atoms with E-state index in [4.69, 9.17) is 4.74 Å². The first-order valence-electron chi connectivity index (χ1n) is 11.5. The summed E-state index contributed by atoms with van der Waals surface area (Å²) in [6.45, 7) is 1.53. The number of anilines is 2. The highest BCUT2D eigenvalue weighted by atomic mass is 32.2. The number of nitrogens with zero attached hydrogens (tertiary/aromatic N) is 2. The second-order valence-electron chi connectivity index (χ2n) is 8.48. The number of fused-ring (bicyclic) bond motifs is 1. The number of benzene rings is 3. The fourth-order valence-corrected chi connectivity index (χ4v) is 7.36. The topological polar surface area (TPSA) is 113 Å². The number of amides is 1. The molecule has 0 aliphatic carbocycles. The standard InChI is InChI=1S/C25H25N3O6S2/c29-25(26-21-7-4-9-23(18-21)35(30,31)27-13-15-34-16-14-27)20-6-3-8-22(17-20)36(32,33)28-12-11-19-5-1-2-10-24(19)28/h1-10,17-18H,11-16H2,(H,26,29). The Balaban J connectivity index is 1.36. The number of morpholine rings is 1. The third-order valence-electron chi connectivity index (χ3n) is 6.23. The van der Waals surface area contributed by atoms with Crippen LogP contribution in [0.3, 0.4) is 0 Å². The van der Waals surface area contributed by atoms with Gasteiger partial charge in [-0.3, -0.25) is 9.10 Å². The SMILES string of the molecule is O=C(Nc1cccc(S(=O)(=O)N2CCOCC2)c1)c1cccc(S(=O)(=O)N2CCc3ccccc32)c1. The number of hydrogen-bond donors (Lipinski definition) is 1. The lowest BCUT2D eigenvalue weighted by Crippen LogP contribution is -2.40. The number of sulfonamides is 2. The Kier molecular flexibility index (Phi) is 6.56. The van der Waals surface area contributed by atoms with E-state index in [9.17, 15) is 21.6 Å². The van der Waals surface area contributed by atoms with Gasteiger partial charge in [0.2, 0.25) is 10.0 Å². The van der Waals surface area contributed by atoms with Gasteiger partial charge in [0, 0.05) is 30.9 Å². The Morgan fingerprint density at radius 3 is 2.25 bits per heavy atom. The maximum absolute atomic E-state index is 13.3. The Labute approximate surface area is 210 Å². The van der Waals surface area contributed by atoms with Gasteiger partial charge in [-0.2, -0.15) is 4.31 Å². The molecule has 0 atom stereocenters. The molecule has 2 aliphatic heterocycles. The molecule has 11 heteroatoms. The van der Waals surface area contributed by atoms with Gasteiger partial charge in [-0.25, -0.2) is 16.8 Å². The number of ether oxygens (including phenoxy) is 1. The first-order chi connectivity index (χ1) is 17.3. The molecule has 0 radical (unpaired) electrons. The summed E-state index contributed by atoms with van der Waals surface area (Å²) in [4.78, 5) is 13.1. The third-order valence-corrected chi connectivity index (χ3v) is 9.93. The van der Waals surface area contributed by atoms with Crippen LogP contribution in [-0.2, 0) is 31.2 Å². The number of rotatable bonds is 6. The van der Waals surface area contributed by atoms with Crippen molar-refractivity contribution in [3.8, 4) is 0 Å². The molecule has 5 rings (SSSR count). The van der Waals surface area contributed by atoms with Crippen molar-refractivity contribution in [2.45, 2.75) is 16.2 Å². The van der Waals surface area contributed by atoms with Crippen molar-refractivity contribution in [1.82, 2.24) is 4.31 Å². The zero-order chi connectivity index (χ0) is 25.3. The molecule has 3 aromatic rings. The zero-order valence-corrected chi connectivity index (χ0v) is 21.0. The van der Waals surface area contributed by atoms with Crippen LogP contribution in [0.2, 0.25) is 0 Å². The van der Waals surface area contributed by atoms with E-state index in [1.54, 1.807) is 24.3 Å². The smallest absolute Gasteiger partial charge is 0.264 e. The zero-order valence-electron chi connectivity index (χ0n) is 19.3. The molecule has 0 spiro atoms. The molecule has 1 saturated heterocycles. The molecule has 0 aromatic heterocycles. The maximum Gasteiger partial charge on any atom is 0.264 e. The van der Waals surface area contributed by atoms with E-state index in [-0.39, 0.29) is 34.1 Å². The van der Waals surface area contributed by atoms with Gasteiger partial charge < -0.3 is 10.1 Å². The van der Waals surface area contributed by atoms with Crippen LogP contribution in [-0.4, -0.2) is 59.9 Å². The molecule has 1 amide bonds. The Hall–Kier alpha value is -3.25. The van der Waals surface area contributed by atoms with Crippen LogP contribution in [0.1, 0.15) is 15.9 Å². The molecular formula is C25H25N3O6S2. The van der Waals surface area contributed by atoms with Crippen molar-refractivity contribution in [1.29, 1.82) is 0 Å². The normalized spacial score (nSPS) is 16.5. The van der Waals surface area contributed by atoms with E-state index < -0.39 is 26.0 Å². The van der Waals surface area contributed by atoms with Gasteiger partial charge in [0.15, 0.2) is 0 Å². The van der Waals surface area contributed by atoms with Crippen LogP contribution >= 0.6 is 0 Å². The number of carbonyl (C=O) groups is 1. The molecule has 188 valence electrons. The summed E-state index contributed by atoms with van der Waals surface area (Å²) in [6.07, 6.45) is 0.624. The molecule has 36 heavy (non-hydrogen) atoms. The first-order valence-corrected chi connectivity index (χ1v) is 14.3. The lowest BCUT2D eigenvalue weighted by atomic mass is 10.2. The van der Waals surface area contributed by atoms with E-state index in [2.05, 4.69) is 5.32 Å². The minimum atomic E-state index is -3.86. The third kappa shape index (κ3) is 4.62. The molecule has 2 aliphatic rings. The fourth-order valence-electron chi connectivity index (χ4n) is 4.36. The van der Waals surface area contributed by atoms with Crippen molar-refractivity contribution in [3.63, 3.8) is 0 Å². The van der Waals surface area contributed by atoms with E-state index >= 15 is 0 Å². The summed E-state index contributed by atoms with van der Waals surface area (Å²) >= 11 is 0. The molecule has 1 fully saturated rings. The van der Waals surface area contributed by atoms with Crippen LogP contribution in [0.4, 0.5) is 11.4 Å². The van der Waals surface area contributed by atoms with Crippen LogP contribution in [0.15, 0.2) is 82.6 Å². The van der Waals surface area contributed by atoms with Gasteiger partial charge in [0.1, 0.15) is 0 Å². The largest absolute Gasteiger partial charge is 0.379 e. The van der Waals surface area contributed by atoms with E-state index in [1.165, 1.54) is 45.0 Å². The van der Waals surface area contributed by atoms with Crippen LogP contribution in [0.5, 0.6) is 0 Å². The molecule has 9 nitrogen and oxygen atoms in total. The van der Waals surface area contributed by atoms with Crippen molar-refractivity contribution in [2.24, 2.45) is 0 Å². The minimum Gasteiger partial charge on any atom is -0.379 e. The highest BCUT2D eigenvalue weighted by Gasteiger charge is 2.31. The minimum absolute atomic E-state index is 0.00972. The van der Waals surface area contributed by atoms with Gasteiger partial charge in [-0.15, -0.1) is 0 Å². The van der Waals surface area contributed by atoms with Gasteiger partial charge in [-0.05, 0) is 54.4 Å². The Morgan fingerprint density at radius 2 is 1.47 bits per heavy atom. The number of carbonyl (C=O) groups excluding carboxylic acids is 1. The van der Waals surface area contributed by atoms with Crippen molar-refractivity contribution in [3.05, 3.63) is 83.9 Å². The first kappa shape index (κ1) is 24.4. The molecule has 0 unspecified atom stereocenters. The predicted molar refractivity (Wildman–Crippen MR) is 135 cm³/mol. The predicted octanol–water partition coefficient (Wildman–Crippen LogP) is 2.71. The number of nitrogens with one attached hydrogen (secondary N) is 1. The highest BCUT2D eigenvalue weighted by Crippen LogP contribution is 2.33. The van der Waals surface area contributed by atoms with Crippen molar-refractivity contribution >= 4 is 37.3 Å². The number of para-hydroxylation sites is 1. The monoisotopic (exact) mass is 527 g/mol. The molecule has 0 saturated carbocycles. The second kappa shape index (κ2) is 9.66. The van der Waals surface area contributed by atoms with E-state index in [0.717, 1.165) is 5.56 Å². The highest BCUT2D eigenvalue weighted by molar-refractivity contribution is 7.92. The molecule has 1 N–H and O–H groups in total. The summed E-state index contributed by atoms with van der Waals surface area (Å²) in [5.41, 5.74) is 2.04. The Morgan fingerprint density at radius 1 is 0.778 bits per heavy atom. The molecule has 0 bridgehead atoms. The van der Waals surface area contributed by atoms with Gasteiger partial charge in [0.25, 0.3) is 15.9 Å². The molecule has 3 aromatic carbocycles. The second-order valence-corrected chi connectivity index (χ2v) is 12.3. The summed E-state index contributed by atoms with van der Waals surface area (Å²) < 4.78 is 60.5. The lowest BCUT2D eigenvalue weighted by molar-refractivity contribution is 0.0730. The van der Waals surface area contributed by atoms with Crippen molar-refractivity contribution in [2.75, 3.05) is 42.5 Å². The van der Waals surface area contributed by atoms with Crippen molar-refractivity contribution < 1.29 is 26.4 Å². The summed E-state index contributed by atoms with van der Waals surface area (Å²) in [5, 5.41) is 2.68. The summed E-state index contributed by atoms with van der Waals surface area (Å²) in [7, 11) is -7.59. The van der Waals surface area contributed by atoms with Gasteiger partial charge in [-0.1, -0.05) is 30.3 Å². The molecule has 2 heterocycles. The Bertz CT molecular complexity index is 1520. The van der Waals surface area contributed by atoms with Gasteiger partial charge in [0.05, 0.1) is 28.7 Å². The average Bonchev–Trinajstić information content (AvgIpc) is 3.35.